The number of benzene rings is 2. The summed E-state index contributed by atoms with van der Waals surface area (Å²) >= 11 is 6.09. The van der Waals surface area contributed by atoms with E-state index in [9.17, 15) is 9.90 Å². The van der Waals surface area contributed by atoms with Gasteiger partial charge in [0.25, 0.3) is 0 Å². The van der Waals surface area contributed by atoms with Crippen molar-refractivity contribution in [2.24, 2.45) is 0 Å². The lowest BCUT2D eigenvalue weighted by Gasteiger charge is -2.10. The highest BCUT2D eigenvalue weighted by Crippen LogP contribution is 2.24. The van der Waals surface area contributed by atoms with Crippen molar-refractivity contribution in [1.29, 1.82) is 0 Å². The summed E-state index contributed by atoms with van der Waals surface area (Å²) in [7, 11) is 0. The molecule has 4 nitrogen and oxygen atoms in total. The summed E-state index contributed by atoms with van der Waals surface area (Å²) in [4.78, 5) is 15.9. The van der Waals surface area contributed by atoms with Gasteiger partial charge in [-0.15, -0.1) is 0 Å². The number of nitrogens with zero attached hydrogens (tertiary/aromatic N) is 1. The minimum absolute atomic E-state index is 0.174. The molecule has 0 aliphatic carbocycles. The van der Waals surface area contributed by atoms with Crippen LogP contribution in [0, 0.1) is 6.92 Å². The van der Waals surface area contributed by atoms with Crippen molar-refractivity contribution in [2.45, 2.75) is 13.5 Å². The van der Waals surface area contributed by atoms with Crippen LogP contribution in [0.15, 0.2) is 48.5 Å². The minimum Gasteiger partial charge on any atom is -0.478 e. The molecule has 0 unspecified atom stereocenters. The average Bonchev–Trinajstić information content (AvgIpc) is 2.53. The molecule has 0 radical (unpaired) electrons. The fourth-order valence-corrected chi connectivity index (χ4v) is 2.52. The number of rotatable bonds is 4. The Morgan fingerprint density at radius 1 is 1.22 bits per heavy atom. The third-order valence-electron chi connectivity index (χ3n) is 3.50. The predicted molar refractivity (Wildman–Crippen MR) is 89.2 cm³/mol. The molecule has 0 amide bonds. The Morgan fingerprint density at radius 3 is 2.74 bits per heavy atom. The van der Waals surface area contributed by atoms with E-state index in [1.54, 1.807) is 12.1 Å². The molecule has 23 heavy (non-hydrogen) atoms. The number of pyridine rings is 1. The standard InChI is InChI=1S/C18H14ClNO3/c1-11-6-7-16-13(8-11)14(18(21)22)9-17(20-16)23-10-12-4-2-3-5-15(12)19/h2-9H,10H2,1H3,(H,21,22). The van der Waals surface area contributed by atoms with Crippen LogP contribution in [0.25, 0.3) is 10.9 Å². The summed E-state index contributed by atoms with van der Waals surface area (Å²) in [6, 6.07) is 14.3. The minimum atomic E-state index is -1.01. The van der Waals surface area contributed by atoms with E-state index in [1.165, 1.54) is 6.07 Å². The van der Waals surface area contributed by atoms with Gasteiger partial charge in [0, 0.05) is 22.0 Å². The van der Waals surface area contributed by atoms with Gasteiger partial charge >= 0.3 is 5.97 Å². The van der Waals surface area contributed by atoms with Crippen molar-refractivity contribution in [2.75, 3.05) is 0 Å². The second kappa shape index (κ2) is 6.26. The van der Waals surface area contributed by atoms with Crippen LogP contribution in [0.3, 0.4) is 0 Å². The van der Waals surface area contributed by atoms with Crippen LogP contribution in [0.2, 0.25) is 5.02 Å². The van der Waals surface area contributed by atoms with Crippen molar-refractivity contribution < 1.29 is 14.6 Å². The number of aromatic nitrogens is 1. The van der Waals surface area contributed by atoms with E-state index in [0.717, 1.165) is 11.1 Å². The quantitative estimate of drug-likeness (QED) is 0.767. The molecule has 0 atom stereocenters. The molecular weight excluding hydrogens is 314 g/mol. The third-order valence-corrected chi connectivity index (χ3v) is 3.87. The summed E-state index contributed by atoms with van der Waals surface area (Å²) in [6.07, 6.45) is 0. The van der Waals surface area contributed by atoms with E-state index in [4.69, 9.17) is 16.3 Å². The Balaban J connectivity index is 1.97. The monoisotopic (exact) mass is 327 g/mol. The third kappa shape index (κ3) is 3.27. The molecule has 116 valence electrons. The maximum Gasteiger partial charge on any atom is 0.336 e. The molecule has 0 saturated heterocycles. The number of hydrogen-bond acceptors (Lipinski definition) is 3. The number of carboxylic acid groups (broad SMARTS) is 1. The Labute approximate surface area is 138 Å². The van der Waals surface area contributed by atoms with Crippen molar-refractivity contribution in [3.63, 3.8) is 0 Å². The number of aryl methyl sites for hydroxylation is 1. The number of carbonyl (C=O) groups is 1. The van der Waals surface area contributed by atoms with Gasteiger partial charge in [0.1, 0.15) is 6.61 Å². The van der Waals surface area contributed by atoms with E-state index in [2.05, 4.69) is 4.98 Å². The van der Waals surface area contributed by atoms with Gasteiger partial charge in [0.15, 0.2) is 0 Å². The molecule has 5 heteroatoms. The second-order valence-corrected chi connectivity index (χ2v) is 5.62. The molecule has 2 aromatic carbocycles. The van der Waals surface area contributed by atoms with E-state index in [1.807, 2.05) is 37.3 Å². The van der Waals surface area contributed by atoms with Gasteiger partial charge in [0.05, 0.1) is 11.1 Å². The van der Waals surface area contributed by atoms with Crippen LogP contribution >= 0.6 is 11.6 Å². The van der Waals surface area contributed by atoms with Crippen LogP contribution in [0.5, 0.6) is 5.88 Å². The number of fused-ring (bicyclic) bond motifs is 1. The molecular formula is C18H14ClNO3. The zero-order chi connectivity index (χ0) is 16.4. The lowest BCUT2D eigenvalue weighted by molar-refractivity contribution is 0.0698. The van der Waals surface area contributed by atoms with E-state index in [-0.39, 0.29) is 18.1 Å². The highest BCUT2D eigenvalue weighted by Gasteiger charge is 2.13. The second-order valence-electron chi connectivity index (χ2n) is 5.21. The normalized spacial score (nSPS) is 10.7. The van der Waals surface area contributed by atoms with E-state index < -0.39 is 5.97 Å². The van der Waals surface area contributed by atoms with Gasteiger partial charge in [0.2, 0.25) is 5.88 Å². The van der Waals surface area contributed by atoms with Crippen molar-refractivity contribution >= 4 is 28.5 Å². The van der Waals surface area contributed by atoms with Gasteiger partial charge in [-0.05, 0) is 25.1 Å². The number of aromatic carboxylic acids is 1. The van der Waals surface area contributed by atoms with Gasteiger partial charge < -0.3 is 9.84 Å². The number of ether oxygens (including phenoxy) is 1. The first-order valence-electron chi connectivity index (χ1n) is 7.05. The lowest BCUT2D eigenvalue weighted by Crippen LogP contribution is -2.03. The molecule has 3 rings (SSSR count). The fourth-order valence-electron chi connectivity index (χ4n) is 2.33. The van der Waals surface area contributed by atoms with Gasteiger partial charge in [-0.25, -0.2) is 9.78 Å². The maximum atomic E-state index is 11.5. The molecule has 1 heterocycles. The fraction of sp³-hybridized carbons (Fsp3) is 0.111. The van der Waals surface area contributed by atoms with Crippen molar-refractivity contribution in [3.05, 3.63) is 70.2 Å². The van der Waals surface area contributed by atoms with Crippen LogP contribution in [0.1, 0.15) is 21.5 Å². The number of halogens is 1. The highest BCUT2D eigenvalue weighted by atomic mass is 35.5. The van der Waals surface area contributed by atoms with Gasteiger partial charge in [-0.3, -0.25) is 0 Å². The van der Waals surface area contributed by atoms with Crippen molar-refractivity contribution in [1.82, 2.24) is 4.98 Å². The first kappa shape index (κ1) is 15.3. The molecule has 0 spiro atoms. The Hall–Kier alpha value is -2.59. The summed E-state index contributed by atoms with van der Waals surface area (Å²) in [6.45, 7) is 2.13. The molecule has 0 aliphatic rings. The molecule has 0 aliphatic heterocycles. The lowest BCUT2D eigenvalue weighted by atomic mass is 10.1. The van der Waals surface area contributed by atoms with Gasteiger partial charge in [-0.2, -0.15) is 0 Å². The molecule has 0 bridgehead atoms. The highest BCUT2D eigenvalue weighted by molar-refractivity contribution is 6.31. The summed E-state index contributed by atoms with van der Waals surface area (Å²) in [5.41, 5.74) is 2.56. The molecule has 0 fully saturated rings. The first-order chi connectivity index (χ1) is 11.0. The topological polar surface area (TPSA) is 59.4 Å². The zero-order valence-corrected chi connectivity index (χ0v) is 13.2. The predicted octanol–water partition coefficient (Wildman–Crippen LogP) is 4.47. The Kier molecular flexibility index (Phi) is 4.17. The Bertz CT molecular complexity index is 893. The Morgan fingerprint density at radius 2 is 2.00 bits per heavy atom. The summed E-state index contributed by atoms with van der Waals surface area (Å²) < 4.78 is 5.64. The summed E-state index contributed by atoms with van der Waals surface area (Å²) in [5.74, 6) is -0.746. The maximum absolute atomic E-state index is 11.5. The van der Waals surface area contributed by atoms with E-state index >= 15 is 0 Å². The number of carboxylic acids is 1. The van der Waals surface area contributed by atoms with Crippen molar-refractivity contribution in [3.8, 4) is 5.88 Å². The van der Waals surface area contributed by atoms with Crippen LogP contribution in [0.4, 0.5) is 0 Å². The first-order valence-corrected chi connectivity index (χ1v) is 7.43. The molecule has 1 aromatic heterocycles. The van der Waals surface area contributed by atoms with E-state index in [0.29, 0.717) is 15.9 Å². The van der Waals surface area contributed by atoms with Crippen LogP contribution < -0.4 is 4.74 Å². The largest absolute Gasteiger partial charge is 0.478 e. The molecule has 3 aromatic rings. The smallest absolute Gasteiger partial charge is 0.336 e. The molecule has 0 saturated carbocycles. The average molecular weight is 328 g/mol. The zero-order valence-electron chi connectivity index (χ0n) is 12.4. The SMILES string of the molecule is Cc1ccc2nc(OCc3ccccc3Cl)cc(C(=O)O)c2c1. The van der Waals surface area contributed by atoms with Crippen LogP contribution in [-0.2, 0) is 6.61 Å². The van der Waals surface area contributed by atoms with Gasteiger partial charge in [-0.1, -0.05) is 41.4 Å². The number of hydrogen-bond donors (Lipinski definition) is 1. The molecule has 1 N–H and O–H groups in total. The summed E-state index contributed by atoms with van der Waals surface area (Å²) in [5, 5.41) is 10.6. The van der Waals surface area contributed by atoms with Crippen LogP contribution in [-0.4, -0.2) is 16.1 Å².